The number of halogens is 1. The lowest BCUT2D eigenvalue weighted by Gasteiger charge is -2.34. The second-order valence-corrected chi connectivity index (χ2v) is 6.58. The minimum absolute atomic E-state index is 0.0763. The normalized spacial score (nSPS) is 17.8. The van der Waals surface area contributed by atoms with Gasteiger partial charge in [0.15, 0.2) is 0 Å². The Morgan fingerprint density at radius 1 is 0.958 bits per heavy atom. The van der Waals surface area contributed by atoms with Crippen molar-refractivity contribution in [2.75, 3.05) is 13.1 Å². The number of hydrogen-bond acceptors (Lipinski definition) is 3. The highest BCUT2D eigenvalue weighted by molar-refractivity contribution is 5.22. The second-order valence-electron chi connectivity index (χ2n) is 6.58. The Morgan fingerprint density at radius 2 is 1.54 bits per heavy atom. The fourth-order valence-corrected chi connectivity index (χ4v) is 3.37. The van der Waals surface area contributed by atoms with Gasteiger partial charge in [-0.25, -0.2) is 4.39 Å². The van der Waals surface area contributed by atoms with E-state index in [1.807, 2.05) is 12.1 Å². The molecule has 24 heavy (non-hydrogen) atoms. The molecule has 0 amide bonds. The quantitative estimate of drug-likeness (QED) is 0.885. The van der Waals surface area contributed by atoms with Gasteiger partial charge in [0, 0.05) is 6.54 Å². The predicted octanol–water partition coefficient (Wildman–Crippen LogP) is 3.26. The number of piperidine rings is 1. The molecule has 1 aliphatic heterocycles. The molecule has 1 fully saturated rings. The fourth-order valence-electron chi connectivity index (χ4n) is 3.37. The molecule has 128 valence electrons. The third-order valence-corrected chi connectivity index (χ3v) is 4.90. The molecule has 1 heterocycles. The summed E-state index contributed by atoms with van der Waals surface area (Å²) in [6, 6.07) is 14.2. The molecule has 1 atom stereocenters. The first-order valence-corrected chi connectivity index (χ1v) is 8.50. The predicted molar refractivity (Wildman–Crippen MR) is 91.7 cm³/mol. The lowest BCUT2D eigenvalue weighted by molar-refractivity contribution is 0.0567. The van der Waals surface area contributed by atoms with Crippen molar-refractivity contribution >= 4 is 0 Å². The van der Waals surface area contributed by atoms with Crippen molar-refractivity contribution in [1.29, 1.82) is 0 Å². The van der Waals surface area contributed by atoms with Crippen LogP contribution < -0.4 is 0 Å². The maximum Gasteiger partial charge on any atom is 0.123 e. The van der Waals surface area contributed by atoms with Crippen LogP contribution in [0.4, 0.5) is 4.39 Å². The number of aliphatic hydroxyl groups excluding tert-OH is 2. The molecule has 0 aliphatic carbocycles. The Morgan fingerprint density at radius 3 is 2.12 bits per heavy atom. The topological polar surface area (TPSA) is 43.7 Å². The molecular formula is C20H24FNO2. The summed E-state index contributed by atoms with van der Waals surface area (Å²) in [5, 5.41) is 19.6. The molecule has 3 nitrogen and oxygen atoms in total. The molecule has 1 unspecified atom stereocenters. The smallest absolute Gasteiger partial charge is 0.123 e. The average Bonchev–Trinajstić information content (AvgIpc) is 2.63. The first kappa shape index (κ1) is 17.1. The van der Waals surface area contributed by atoms with Crippen molar-refractivity contribution in [1.82, 2.24) is 4.90 Å². The van der Waals surface area contributed by atoms with E-state index in [-0.39, 0.29) is 18.3 Å². The third-order valence-electron chi connectivity index (χ3n) is 4.90. The van der Waals surface area contributed by atoms with E-state index in [1.165, 1.54) is 17.7 Å². The van der Waals surface area contributed by atoms with E-state index < -0.39 is 6.10 Å². The van der Waals surface area contributed by atoms with Gasteiger partial charge in [0.1, 0.15) is 5.82 Å². The van der Waals surface area contributed by atoms with Crippen molar-refractivity contribution in [3.63, 3.8) is 0 Å². The van der Waals surface area contributed by atoms with E-state index in [0.717, 1.165) is 43.6 Å². The van der Waals surface area contributed by atoms with Crippen LogP contribution in [0.2, 0.25) is 0 Å². The summed E-state index contributed by atoms with van der Waals surface area (Å²) in [4.78, 5) is 2.39. The summed E-state index contributed by atoms with van der Waals surface area (Å²) in [5.41, 5.74) is 2.97. The maximum atomic E-state index is 13.0. The SMILES string of the molecule is OCc1ccc(CN2CCC(C(O)c3ccc(F)cc3)CC2)cc1. The van der Waals surface area contributed by atoms with E-state index in [4.69, 9.17) is 5.11 Å². The van der Waals surface area contributed by atoms with E-state index in [1.54, 1.807) is 12.1 Å². The average molecular weight is 329 g/mol. The molecule has 2 aromatic rings. The lowest BCUT2D eigenvalue weighted by Crippen LogP contribution is -2.35. The van der Waals surface area contributed by atoms with Crippen LogP contribution in [-0.2, 0) is 13.2 Å². The van der Waals surface area contributed by atoms with Crippen molar-refractivity contribution in [2.45, 2.75) is 32.1 Å². The van der Waals surface area contributed by atoms with Gasteiger partial charge >= 0.3 is 0 Å². The number of aliphatic hydroxyl groups is 2. The summed E-state index contributed by atoms with van der Waals surface area (Å²) in [6.45, 7) is 2.87. The Bertz CT molecular complexity index is 634. The first-order chi connectivity index (χ1) is 11.7. The first-order valence-electron chi connectivity index (χ1n) is 8.50. The van der Waals surface area contributed by atoms with Gasteiger partial charge in [0.25, 0.3) is 0 Å². The third kappa shape index (κ3) is 4.20. The molecule has 0 saturated carbocycles. The molecule has 2 N–H and O–H groups in total. The highest BCUT2D eigenvalue weighted by atomic mass is 19.1. The largest absolute Gasteiger partial charge is 0.392 e. The van der Waals surface area contributed by atoms with Gasteiger partial charge in [0.2, 0.25) is 0 Å². The van der Waals surface area contributed by atoms with Crippen molar-refractivity contribution in [3.8, 4) is 0 Å². The lowest BCUT2D eigenvalue weighted by atomic mass is 9.87. The molecule has 1 saturated heterocycles. The van der Waals surface area contributed by atoms with Crippen LogP contribution in [0.5, 0.6) is 0 Å². The van der Waals surface area contributed by atoms with Crippen LogP contribution in [0, 0.1) is 11.7 Å². The number of nitrogens with zero attached hydrogens (tertiary/aromatic N) is 1. The molecule has 1 aliphatic rings. The number of likely N-dealkylation sites (tertiary alicyclic amines) is 1. The summed E-state index contributed by atoms with van der Waals surface area (Å²) >= 11 is 0. The molecule has 0 aromatic heterocycles. The van der Waals surface area contributed by atoms with Crippen LogP contribution in [-0.4, -0.2) is 28.2 Å². The zero-order valence-corrected chi connectivity index (χ0v) is 13.7. The summed E-state index contributed by atoms with van der Waals surface area (Å²) < 4.78 is 13.0. The van der Waals surface area contributed by atoms with Gasteiger partial charge in [-0.05, 0) is 60.7 Å². The van der Waals surface area contributed by atoms with Crippen molar-refractivity contribution in [2.24, 2.45) is 5.92 Å². The van der Waals surface area contributed by atoms with E-state index in [9.17, 15) is 9.50 Å². The monoisotopic (exact) mass is 329 g/mol. The van der Waals surface area contributed by atoms with Crippen LogP contribution in [0.1, 0.15) is 35.6 Å². The summed E-state index contributed by atoms with van der Waals surface area (Å²) in [5.74, 6) is -0.0449. The van der Waals surface area contributed by atoms with Crippen LogP contribution in [0.15, 0.2) is 48.5 Å². The minimum Gasteiger partial charge on any atom is -0.392 e. The summed E-state index contributed by atoms with van der Waals surface area (Å²) in [7, 11) is 0. The molecule has 0 radical (unpaired) electrons. The van der Waals surface area contributed by atoms with Crippen LogP contribution in [0.25, 0.3) is 0 Å². The number of hydrogen-bond donors (Lipinski definition) is 2. The van der Waals surface area contributed by atoms with Crippen molar-refractivity contribution < 1.29 is 14.6 Å². The minimum atomic E-state index is -0.517. The van der Waals surface area contributed by atoms with E-state index >= 15 is 0 Å². The molecule has 0 spiro atoms. The van der Waals surface area contributed by atoms with E-state index in [2.05, 4.69) is 17.0 Å². The van der Waals surface area contributed by atoms with Gasteiger partial charge in [-0.1, -0.05) is 36.4 Å². The Balaban J connectivity index is 1.52. The molecule has 3 rings (SSSR count). The molecule has 0 bridgehead atoms. The highest BCUT2D eigenvalue weighted by Gasteiger charge is 2.26. The molecule has 2 aromatic carbocycles. The van der Waals surface area contributed by atoms with Gasteiger partial charge in [-0.2, -0.15) is 0 Å². The second kappa shape index (κ2) is 7.88. The summed E-state index contributed by atoms with van der Waals surface area (Å²) in [6.07, 6.45) is 1.36. The maximum absolute atomic E-state index is 13.0. The van der Waals surface area contributed by atoms with E-state index in [0.29, 0.717) is 0 Å². The van der Waals surface area contributed by atoms with Gasteiger partial charge in [0.05, 0.1) is 12.7 Å². The van der Waals surface area contributed by atoms with Gasteiger partial charge in [-0.15, -0.1) is 0 Å². The highest BCUT2D eigenvalue weighted by Crippen LogP contribution is 2.31. The van der Waals surface area contributed by atoms with Crippen LogP contribution >= 0.6 is 0 Å². The van der Waals surface area contributed by atoms with Crippen LogP contribution in [0.3, 0.4) is 0 Å². The molecule has 4 heteroatoms. The Labute approximate surface area is 142 Å². The standard InChI is InChI=1S/C20H24FNO2/c21-19-7-5-17(6-8-19)20(24)18-9-11-22(12-10-18)13-15-1-3-16(14-23)4-2-15/h1-8,18,20,23-24H,9-14H2. The fraction of sp³-hybridized carbons (Fsp3) is 0.400. The Kier molecular flexibility index (Phi) is 5.61. The Hall–Kier alpha value is -1.75. The van der Waals surface area contributed by atoms with Gasteiger partial charge < -0.3 is 10.2 Å². The van der Waals surface area contributed by atoms with Crippen molar-refractivity contribution in [3.05, 3.63) is 71.0 Å². The number of rotatable bonds is 5. The molecular weight excluding hydrogens is 305 g/mol. The zero-order chi connectivity index (χ0) is 16.9. The number of benzene rings is 2. The zero-order valence-electron chi connectivity index (χ0n) is 13.7. The van der Waals surface area contributed by atoms with Gasteiger partial charge in [-0.3, -0.25) is 4.90 Å².